The Labute approximate surface area is 320 Å². The van der Waals surface area contributed by atoms with Crippen LogP contribution in [-0.2, 0) is 0 Å². The maximum absolute atomic E-state index is 5.61. The van der Waals surface area contributed by atoms with Crippen LogP contribution in [0.25, 0.3) is 121 Å². The number of hydrogen-bond acceptors (Lipinski definition) is 2. The molecule has 0 N–H and O–H groups in total. The van der Waals surface area contributed by atoms with E-state index in [2.05, 4.69) is 191 Å². The second-order valence-electron chi connectivity index (χ2n) is 14.9. The Morgan fingerprint density at radius 2 is 1.00 bits per heavy atom. The van der Waals surface area contributed by atoms with E-state index in [-0.39, 0.29) is 0 Å². The first kappa shape index (κ1) is 29.8. The number of rotatable bonds is 3. The van der Waals surface area contributed by atoms with Gasteiger partial charge in [0.05, 0.1) is 33.1 Å². The molecule has 0 atom stereocenters. The number of aromatic nitrogens is 4. The summed E-state index contributed by atoms with van der Waals surface area (Å²) in [5, 5.41) is 13.2. The molecule has 0 amide bonds. The molecule has 0 saturated heterocycles. The van der Waals surface area contributed by atoms with E-state index in [4.69, 9.17) is 9.97 Å². The zero-order valence-corrected chi connectivity index (χ0v) is 30.1. The molecule has 56 heavy (non-hydrogen) atoms. The number of benzene rings is 9. The van der Waals surface area contributed by atoms with Gasteiger partial charge >= 0.3 is 0 Å². The van der Waals surface area contributed by atoms with Crippen molar-refractivity contribution in [3.63, 3.8) is 0 Å². The third-order valence-electron chi connectivity index (χ3n) is 12.0. The summed E-state index contributed by atoms with van der Waals surface area (Å²) in [6.45, 7) is 0. The van der Waals surface area contributed by atoms with E-state index in [0.717, 1.165) is 38.7 Å². The van der Waals surface area contributed by atoms with Gasteiger partial charge in [-0.05, 0) is 81.2 Å². The van der Waals surface area contributed by atoms with Crippen molar-refractivity contribution in [2.75, 3.05) is 0 Å². The summed E-state index contributed by atoms with van der Waals surface area (Å²) in [7, 11) is 0. The van der Waals surface area contributed by atoms with E-state index in [1.165, 1.54) is 76.2 Å². The summed E-state index contributed by atoms with van der Waals surface area (Å²) in [6.07, 6.45) is 0. The zero-order chi connectivity index (χ0) is 36.5. The Kier molecular flexibility index (Phi) is 5.86. The van der Waals surface area contributed by atoms with Crippen LogP contribution in [0.5, 0.6) is 0 Å². The van der Waals surface area contributed by atoms with Gasteiger partial charge in [0, 0.05) is 43.3 Å². The fraction of sp³-hybridized carbons (Fsp3) is 0. The van der Waals surface area contributed by atoms with Crippen molar-refractivity contribution in [2.45, 2.75) is 0 Å². The van der Waals surface area contributed by atoms with Crippen molar-refractivity contribution in [3.05, 3.63) is 182 Å². The van der Waals surface area contributed by atoms with Crippen LogP contribution in [0.15, 0.2) is 182 Å². The van der Waals surface area contributed by atoms with Crippen molar-refractivity contribution < 1.29 is 0 Å². The fourth-order valence-electron chi connectivity index (χ4n) is 9.64. The van der Waals surface area contributed by atoms with Gasteiger partial charge in [0.2, 0.25) is 0 Å². The predicted molar refractivity (Wildman–Crippen MR) is 234 cm³/mol. The minimum atomic E-state index is 0.714. The average molecular weight is 711 g/mol. The van der Waals surface area contributed by atoms with Gasteiger partial charge in [-0.2, -0.15) is 0 Å². The molecule has 0 saturated carbocycles. The van der Waals surface area contributed by atoms with E-state index in [9.17, 15) is 0 Å². The van der Waals surface area contributed by atoms with Crippen LogP contribution >= 0.6 is 0 Å². The van der Waals surface area contributed by atoms with E-state index < -0.39 is 0 Å². The first-order chi connectivity index (χ1) is 27.8. The van der Waals surface area contributed by atoms with Gasteiger partial charge in [-0.25, -0.2) is 9.97 Å². The second kappa shape index (κ2) is 11.0. The van der Waals surface area contributed by atoms with E-state index >= 15 is 0 Å². The second-order valence-corrected chi connectivity index (χ2v) is 14.9. The first-order valence-electron chi connectivity index (χ1n) is 19.2. The number of para-hydroxylation sites is 3. The first-order valence-corrected chi connectivity index (χ1v) is 19.2. The van der Waals surface area contributed by atoms with E-state index in [0.29, 0.717) is 5.82 Å². The van der Waals surface area contributed by atoms with E-state index in [1.54, 1.807) is 0 Å². The van der Waals surface area contributed by atoms with Crippen LogP contribution in [-0.4, -0.2) is 18.9 Å². The molecule has 0 spiro atoms. The summed E-state index contributed by atoms with van der Waals surface area (Å²) in [5.74, 6) is 1.59. The van der Waals surface area contributed by atoms with Gasteiger partial charge in [-0.3, -0.25) is 4.57 Å². The lowest BCUT2D eigenvalue weighted by molar-refractivity contribution is 1.08. The summed E-state index contributed by atoms with van der Waals surface area (Å²) in [4.78, 5) is 10.9. The van der Waals surface area contributed by atoms with Crippen LogP contribution in [0.1, 0.15) is 0 Å². The lowest BCUT2D eigenvalue weighted by Gasteiger charge is -2.15. The molecule has 0 radical (unpaired) electrons. The minimum absolute atomic E-state index is 0.714. The molecule has 0 aliphatic carbocycles. The van der Waals surface area contributed by atoms with Gasteiger partial charge in [0.25, 0.3) is 0 Å². The molecule has 9 aromatic carbocycles. The molecule has 4 heteroatoms. The van der Waals surface area contributed by atoms with Crippen molar-refractivity contribution in [2.24, 2.45) is 0 Å². The number of hydrogen-bond donors (Lipinski definition) is 0. The fourth-order valence-corrected chi connectivity index (χ4v) is 9.64. The van der Waals surface area contributed by atoms with Gasteiger partial charge in [0.15, 0.2) is 5.82 Å². The SMILES string of the molecule is c1ccc(-c2ccc3c(c2)c2cc4c(c5ccccc5n4-c4nc(-c5cc6ccccc6c6ccccc56)nc5ccccc45)c4c5ccccc5n3c24)cc1. The highest BCUT2D eigenvalue weighted by atomic mass is 15.1. The summed E-state index contributed by atoms with van der Waals surface area (Å²) in [5.41, 5.74) is 10.3. The third-order valence-corrected chi connectivity index (χ3v) is 12.0. The highest BCUT2D eigenvalue weighted by Gasteiger charge is 2.26. The van der Waals surface area contributed by atoms with Crippen LogP contribution < -0.4 is 0 Å². The summed E-state index contributed by atoms with van der Waals surface area (Å²) < 4.78 is 4.89. The summed E-state index contributed by atoms with van der Waals surface area (Å²) in [6, 6.07) is 65.8. The normalized spacial score (nSPS) is 12.3. The predicted octanol–water partition coefficient (Wildman–Crippen LogP) is 13.5. The quantitative estimate of drug-likeness (QED) is 0.171. The minimum Gasteiger partial charge on any atom is -0.308 e. The van der Waals surface area contributed by atoms with Crippen LogP contribution in [0.4, 0.5) is 0 Å². The average Bonchev–Trinajstić information content (AvgIpc) is 3.90. The number of fused-ring (bicyclic) bond motifs is 14. The van der Waals surface area contributed by atoms with E-state index in [1.807, 2.05) is 0 Å². The largest absolute Gasteiger partial charge is 0.308 e. The lowest BCUT2D eigenvalue weighted by atomic mass is 9.97. The Hall–Kier alpha value is -7.56. The monoisotopic (exact) mass is 710 g/mol. The van der Waals surface area contributed by atoms with Crippen LogP contribution in [0.2, 0.25) is 0 Å². The Bertz CT molecular complexity index is 3760. The Morgan fingerprint density at radius 1 is 0.357 bits per heavy atom. The van der Waals surface area contributed by atoms with Gasteiger partial charge < -0.3 is 4.40 Å². The molecule has 0 unspecified atom stereocenters. The maximum Gasteiger partial charge on any atom is 0.162 e. The van der Waals surface area contributed by atoms with Crippen molar-refractivity contribution in [3.8, 4) is 28.3 Å². The highest BCUT2D eigenvalue weighted by molar-refractivity contribution is 6.36. The molecule has 4 aromatic heterocycles. The Morgan fingerprint density at radius 3 is 1.84 bits per heavy atom. The topological polar surface area (TPSA) is 35.1 Å². The molecule has 0 aliphatic rings. The van der Waals surface area contributed by atoms with Crippen molar-refractivity contribution in [1.29, 1.82) is 0 Å². The molecule has 13 rings (SSSR count). The van der Waals surface area contributed by atoms with Crippen molar-refractivity contribution >= 4 is 92.3 Å². The molecule has 0 aliphatic heterocycles. The molecule has 0 bridgehead atoms. The standard InChI is InChI=1S/C52H30N4/c1-2-14-31(15-3-1)32-26-27-46-40(28-32)41-30-47-48(49-39-22-10-12-24-44(39)55(46)50(41)49)38-21-9-13-25-45(38)56(47)52-37-20-8-11-23-43(37)53-51(54-52)42-29-33-16-4-5-17-34(33)35-18-6-7-19-36(35)42/h1-30H. The molecule has 258 valence electrons. The lowest BCUT2D eigenvalue weighted by Crippen LogP contribution is -2.03. The van der Waals surface area contributed by atoms with Crippen LogP contribution in [0, 0.1) is 0 Å². The molecule has 13 aromatic rings. The zero-order valence-electron chi connectivity index (χ0n) is 30.1. The molecule has 0 fully saturated rings. The van der Waals surface area contributed by atoms with Gasteiger partial charge in [0.1, 0.15) is 5.82 Å². The maximum atomic E-state index is 5.61. The van der Waals surface area contributed by atoms with Crippen molar-refractivity contribution in [1.82, 2.24) is 18.9 Å². The smallest absolute Gasteiger partial charge is 0.162 e. The van der Waals surface area contributed by atoms with Gasteiger partial charge in [-0.1, -0.05) is 133 Å². The Balaban J connectivity index is 1.20. The highest BCUT2D eigenvalue weighted by Crippen LogP contribution is 2.47. The summed E-state index contributed by atoms with van der Waals surface area (Å²) >= 11 is 0. The third kappa shape index (κ3) is 3.92. The molecule has 4 nitrogen and oxygen atoms in total. The van der Waals surface area contributed by atoms with Gasteiger partial charge in [-0.15, -0.1) is 0 Å². The van der Waals surface area contributed by atoms with Crippen LogP contribution in [0.3, 0.4) is 0 Å². The molecular weight excluding hydrogens is 681 g/mol. The number of nitrogens with zero attached hydrogens (tertiary/aromatic N) is 4. The molecular formula is C52H30N4. The molecule has 4 heterocycles.